The van der Waals surface area contributed by atoms with E-state index >= 15 is 0 Å². The first-order valence-electron chi connectivity index (χ1n) is 9.36. The Labute approximate surface area is 143 Å². The lowest BCUT2D eigenvalue weighted by Gasteiger charge is -2.24. The zero-order chi connectivity index (χ0) is 17.6. The molecule has 0 aromatic heterocycles. The van der Waals surface area contributed by atoms with Crippen molar-refractivity contribution in [3.63, 3.8) is 0 Å². The van der Waals surface area contributed by atoms with Gasteiger partial charge in [0.25, 0.3) is 0 Å². The maximum absolute atomic E-state index is 11.8. The summed E-state index contributed by atoms with van der Waals surface area (Å²) in [6.45, 7) is 8.66. The third-order valence-corrected chi connectivity index (χ3v) is 6.21. The van der Waals surface area contributed by atoms with Gasteiger partial charge in [-0.05, 0) is 27.2 Å². The van der Waals surface area contributed by atoms with Crippen LogP contribution in [0, 0.1) is 0 Å². The van der Waals surface area contributed by atoms with Crippen molar-refractivity contribution in [2.75, 3.05) is 19.8 Å². The molecule has 0 aromatic rings. The molecule has 0 radical (unpaired) electrons. The minimum absolute atomic E-state index is 0.183. The SMILES string of the molecule is CCCCCCCCCCCCOCCOP(=O)(O)C(C)(C)C. The lowest BCUT2D eigenvalue weighted by Crippen LogP contribution is -2.18. The zero-order valence-corrected chi connectivity index (χ0v) is 16.7. The van der Waals surface area contributed by atoms with Crippen LogP contribution in [0.1, 0.15) is 91.9 Å². The van der Waals surface area contributed by atoms with Crippen LogP contribution < -0.4 is 0 Å². The van der Waals surface area contributed by atoms with Gasteiger partial charge in [0.15, 0.2) is 0 Å². The van der Waals surface area contributed by atoms with E-state index in [1.54, 1.807) is 20.8 Å². The molecule has 0 saturated heterocycles. The fourth-order valence-electron chi connectivity index (χ4n) is 2.21. The van der Waals surface area contributed by atoms with E-state index in [4.69, 9.17) is 9.26 Å². The van der Waals surface area contributed by atoms with Gasteiger partial charge in [0.2, 0.25) is 0 Å². The molecule has 0 saturated carbocycles. The quantitative estimate of drug-likeness (QED) is 0.294. The van der Waals surface area contributed by atoms with Crippen molar-refractivity contribution in [2.45, 2.75) is 97.1 Å². The summed E-state index contributed by atoms with van der Waals surface area (Å²) in [4.78, 5) is 9.72. The largest absolute Gasteiger partial charge is 0.379 e. The number of ether oxygens (including phenoxy) is 1. The van der Waals surface area contributed by atoms with E-state index in [0.29, 0.717) is 13.2 Å². The molecule has 140 valence electrons. The van der Waals surface area contributed by atoms with Gasteiger partial charge in [0.05, 0.1) is 18.4 Å². The molecular formula is C18H39O4P. The van der Waals surface area contributed by atoms with Crippen LogP contribution in [0.4, 0.5) is 0 Å². The first-order valence-corrected chi connectivity index (χ1v) is 10.9. The standard InChI is InChI=1S/C18H39O4P/c1-5-6-7-8-9-10-11-12-13-14-15-21-16-17-22-23(19,20)18(2,3)4/h5-17H2,1-4H3,(H,19,20). The summed E-state index contributed by atoms with van der Waals surface area (Å²) in [7, 11) is -3.54. The van der Waals surface area contributed by atoms with Gasteiger partial charge < -0.3 is 14.2 Å². The fourth-order valence-corrected chi connectivity index (χ4v) is 2.92. The molecule has 0 spiro atoms. The third-order valence-electron chi connectivity index (χ3n) is 3.98. The third kappa shape index (κ3) is 13.1. The van der Waals surface area contributed by atoms with Gasteiger partial charge in [-0.1, -0.05) is 64.7 Å². The Hall–Kier alpha value is 0.110. The average molecular weight is 350 g/mol. The Balaban J connectivity index is 3.27. The van der Waals surface area contributed by atoms with Crippen LogP contribution in [0.3, 0.4) is 0 Å². The molecule has 0 aliphatic rings. The van der Waals surface area contributed by atoms with Crippen LogP contribution in [-0.4, -0.2) is 29.9 Å². The Bertz CT molecular complexity index is 313. The molecule has 0 aliphatic heterocycles. The van der Waals surface area contributed by atoms with Crippen LogP contribution in [0.15, 0.2) is 0 Å². The normalized spacial score (nSPS) is 14.8. The highest BCUT2D eigenvalue weighted by Crippen LogP contribution is 2.54. The predicted octanol–water partition coefficient (Wildman–Crippen LogP) is 5.92. The van der Waals surface area contributed by atoms with E-state index < -0.39 is 12.8 Å². The highest BCUT2D eigenvalue weighted by atomic mass is 31.2. The number of rotatable bonds is 15. The van der Waals surface area contributed by atoms with E-state index in [1.807, 2.05) is 0 Å². The summed E-state index contributed by atoms with van der Waals surface area (Å²) in [6.07, 6.45) is 13.1. The van der Waals surface area contributed by atoms with Crippen LogP contribution in [0.5, 0.6) is 0 Å². The van der Waals surface area contributed by atoms with E-state index in [0.717, 1.165) is 6.42 Å². The number of hydrogen-bond donors (Lipinski definition) is 1. The van der Waals surface area contributed by atoms with Gasteiger partial charge in [-0.25, -0.2) is 0 Å². The summed E-state index contributed by atoms with van der Waals surface area (Å²) in [6, 6.07) is 0. The minimum Gasteiger partial charge on any atom is -0.379 e. The van der Waals surface area contributed by atoms with Crippen molar-refractivity contribution in [1.82, 2.24) is 0 Å². The van der Waals surface area contributed by atoms with Crippen molar-refractivity contribution >= 4 is 7.60 Å². The smallest absolute Gasteiger partial charge is 0.333 e. The topological polar surface area (TPSA) is 55.8 Å². The van der Waals surface area contributed by atoms with Gasteiger partial charge >= 0.3 is 7.60 Å². The molecule has 1 unspecified atom stereocenters. The summed E-state index contributed by atoms with van der Waals surface area (Å²) in [5.74, 6) is 0. The zero-order valence-electron chi connectivity index (χ0n) is 15.8. The highest BCUT2D eigenvalue weighted by molar-refractivity contribution is 7.54. The van der Waals surface area contributed by atoms with Crippen LogP contribution in [0.25, 0.3) is 0 Å². The molecule has 5 heteroatoms. The molecule has 4 nitrogen and oxygen atoms in total. The highest BCUT2D eigenvalue weighted by Gasteiger charge is 2.35. The summed E-state index contributed by atoms with van der Waals surface area (Å²) >= 11 is 0. The van der Waals surface area contributed by atoms with Gasteiger partial charge in [-0.15, -0.1) is 0 Å². The van der Waals surface area contributed by atoms with Gasteiger partial charge in [-0.2, -0.15) is 0 Å². The Kier molecular flexibility index (Phi) is 13.5. The predicted molar refractivity (Wildman–Crippen MR) is 98.2 cm³/mol. The summed E-state index contributed by atoms with van der Waals surface area (Å²) < 4.78 is 22.4. The first kappa shape index (κ1) is 23.1. The second-order valence-corrected chi connectivity index (χ2v) is 9.96. The first-order chi connectivity index (χ1) is 10.8. The van der Waals surface area contributed by atoms with Crippen molar-refractivity contribution in [3.8, 4) is 0 Å². The number of unbranched alkanes of at least 4 members (excludes halogenated alkanes) is 9. The molecule has 0 bridgehead atoms. The van der Waals surface area contributed by atoms with E-state index in [1.165, 1.54) is 57.8 Å². The number of hydrogen-bond acceptors (Lipinski definition) is 3. The average Bonchev–Trinajstić information content (AvgIpc) is 2.46. The maximum atomic E-state index is 11.8. The Morgan fingerprint density at radius 2 is 1.26 bits per heavy atom. The summed E-state index contributed by atoms with van der Waals surface area (Å²) in [5.41, 5.74) is 0. The molecule has 23 heavy (non-hydrogen) atoms. The molecular weight excluding hydrogens is 311 g/mol. The summed E-state index contributed by atoms with van der Waals surface area (Å²) in [5, 5.41) is -0.733. The maximum Gasteiger partial charge on any atom is 0.333 e. The van der Waals surface area contributed by atoms with Gasteiger partial charge in [0, 0.05) is 6.61 Å². The van der Waals surface area contributed by atoms with Crippen LogP contribution in [0.2, 0.25) is 0 Å². The lowest BCUT2D eigenvalue weighted by molar-refractivity contribution is 0.0904. The van der Waals surface area contributed by atoms with Crippen molar-refractivity contribution < 1.29 is 18.7 Å². The van der Waals surface area contributed by atoms with Gasteiger partial charge in [0.1, 0.15) is 0 Å². The van der Waals surface area contributed by atoms with E-state index in [2.05, 4.69) is 6.92 Å². The van der Waals surface area contributed by atoms with E-state index in [-0.39, 0.29) is 6.61 Å². The monoisotopic (exact) mass is 350 g/mol. The Morgan fingerprint density at radius 3 is 1.74 bits per heavy atom. The molecule has 0 heterocycles. The van der Waals surface area contributed by atoms with Crippen molar-refractivity contribution in [2.24, 2.45) is 0 Å². The molecule has 0 rings (SSSR count). The van der Waals surface area contributed by atoms with Crippen molar-refractivity contribution in [3.05, 3.63) is 0 Å². The van der Waals surface area contributed by atoms with Crippen LogP contribution >= 0.6 is 7.60 Å². The minimum atomic E-state index is -3.54. The lowest BCUT2D eigenvalue weighted by atomic mass is 10.1. The molecule has 0 fully saturated rings. The molecule has 0 amide bonds. The Morgan fingerprint density at radius 1 is 0.783 bits per heavy atom. The molecule has 0 aromatic carbocycles. The van der Waals surface area contributed by atoms with Crippen molar-refractivity contribution in [1.29, 1.82) is 0 Å². The molecule has 0 aliphatic carbocycles. The second-order valence-electron chi connectivity index (χ2n) is 7.32. The molecule has 1 N–H and O–H groups in total. The van der Waals surface area contributed by atoms with Crippen LogP contribution in [-0.2, 0) is 13.8 Å². The van der Waals surface area contributed by atoms with E-state index in [9.17, 15) is 9.46 Å². The second kappa shape index (κ2) is 13.4. The van der Waals surface area contributed by atoms with Gasteiger partial charge in [-0.3, -0.25) is 4.57 Å². The fraction of sp³-hybridized carbons (Fsp3) is 1.00. The molecule has 1 atom stereocenters.